The van der Waals surface area contributed by atoms with Gasteiger partial charge in [0.05, 0.1) is 5.54 Å². The monoisotopic (exact) mass is 296 g/mol. The maximum Gasteiger partial charge on any atom is 0.408 e. The lowest BCUT2D eigenvalue weighted by atomic mass is 9.93. The lowest BCUT2D eigenvalue weighted by molar-refractivity contribution is 0.0462. The van der Waals surface area contributed by atoms with Crippen molar-refractivity contribution in [2.45, 2.75) is 51.7 Å². The molecule has 1 aromatic rings. The number of ether oxygens (including phenoxy) is 1. The van der Waals surface area contributed by atoms with Gasteiger partial charge >= 0.3 is 6.09 Å². The van der Waals surface area contributed by atoms with Crippen molar-refractivity contribution in [3.05, 3.63) is 35.6 Å². The van der Waals surface area contributed by atoms with Crippen LogP contribution in [0.3, 0.4) is 0 Å². The van der Waals surface area contributed by atoms with Crippen LogP contribution in [0.4, 0.5) is 9.18 Å². The van der Waals surface area contributed by atoms with Gasteiger partial charge in [-0.05, 0) is 58.2 Å². The predicted molar refractivity (Wildman–Crippen MR) is 81.6 cm³/mol. The fourth-order valence-electron chi connectivity index (χ4n) is 1.88. The normalized spacial score (nSPS) is 14.4. The minimum Gasteiger partial charge on any atom is -0.444 e. The molecule has 0 spiro atoms. The quantitative estimate of drug-likeness (QED) is 0.878. The molecule has 1 aromatic carbocycles. The SMILES string of the molecule is CC(CN)(CCc1cccc(F)c1)NC(=O)OC(C)(C)C. The highest BCUT2D eigenvalue weighted by Gasteiger charge is 2.27. The third kappa shape index (κ3) is 6.58. The number of hydrogen-bond acceptors (Lipinski definition) is 3. The maximum absolute atomic E-state index is 13.2. The molecule has 0 heterocycles. The minimum atomic E-state index is -0.589. The Hall–Kier alpha value is -1.62. The molecule has 0 aliphatic carbocycles. The maximum atomic E-state index is 13.2. The van der Waals surface area contributed by atoms with E-state index in [1.807, 2.05) is 13.0 Å². The molecule has 0 saturated heterocycles. The van der Waals surface area contributed by atoms with E-state index in [4.69, 9.17) is 10.5 Å². The Morgan fingerprint density at radius 3 is 2.52 bits per heavy atom. The van der Waals surface area contributed by atoms with Crippen molar-refractivity contribution in [2.75, 3.05) is 6.54 Å². The van der Waals surface area contributed by atoms with E-state index in [1.54, 1.807) is 26.8 Å². The molecule has 0 radical (unpaired) electrons. The molecular formula is C16H25FN2O2. The molecule has 1 amide bonds. The Morgan fingerprint density at radius 1 is 1.33 bits per heavy atom. The number of hydrogen-bond donors (Lipinski definition) is 2. The second kappa shape index (κ2) is 6.89. The van der Waals surface area contributed by atoms with Crippen molar-refractivity contribution in [2.24, 2.45) is 5.73 Å². The lowest BCUT2D eigenvalue weighted by Gasteiger charge is -2.31. The summed E-state index contributed by atoms with van der Waals surface area (Å²) >= 11 is 0. The van der Waals surface area contributed by atoms with Crippen LogP contribution in [0, 0.1) is 5.82 Å². The number of nitrogens with two attached hydrogens (primary N) is 1. The number of carbonyl (C=O) groups excluding carboxylic acids is 1. The molecule has 1 atom stereocenters. The molecule has 0 saturated carbocycles. The molecule has 0 bridgehead atoms. The van der Waals surface area contributed by atoms with Gasteiger partial charge in [0.25, 0.3) is 0 Å². The molecule has 1 rings (SSSR count). The van der Waals surface area contributed by atoms with Crippen molar-refractivity contribution >= 4 is 6.09 Å². The molecular weight excluding hydrogens is 271 g/mol. The molecule has 5 heteroatoms. The van der Waals surface area contributed by atoms with Crippen LogP contribution in [0.15, 0.2) is 24.3 Å². The molecule has 118 valence electrons. The summed E-state index contributed by atoms with van der Waals surface area (Å²) in [6.45, 7) is 7.55. The fraction of sp³-hybridized carbons (Fsp3) is 0.562. The number of halogens is 1. The average molecular weight is 296 g/mol. The van der Waals surface area contributed by atoms with Gasteiger partial charge in [0.2, 0.25) is 0 Å². The van der Waals surface area contributed by atoms with Crippen molar-refractivity contribution in [1.29, 1.82) is 0 Å². The van der Waals surface area contributed by atoms with Crippen LogP contribution in [0.25, 0.3) is 0 Å². The van der Waals surface area contributed by atoms with Crippen LogP contribution in [0.1, 0.15) is 39.7 Å². The predicted octanol–water partition coefficient (Wildman–Crippen LogP) is 3.00. The highest BCUT2D eigenvalue weighted by molar-refractivity contribution is 5.68. The summed E-state index contributed by atoms with van der Waals surface area (Å²) in [6, 6.07) is 6.42. The zero-order valence-electron chi connectivity index (χ0n) is 13.2. The van der Waals surface area contributed by atoms with Crippen LogP contribution >= 0.6 is 0 Å². The minimum absolute atomic E-state index is 0.262. The Bertz CT molecular complexity index is 485. The van der Waals surface area contributed by atoms with Crippen LogP contribution in [0.2, 0.25) is 0 Å². The Balaban J connectivity index is 2.61. The highest BCUT2D eigenvalue weighted by atomic mass is 19.1. The van der Waals surface area contributed by atoms with Gasteiger partial charge < -0.3 is 15.8 Å². The van der Waals surface area contributed by atoms with E-state index in [9.17, 15) is 9.18 Å². The van der Waals surface area contributed by atoms with E-state index in [0.717, 1.165) is 5.56 Å². The van der Waals surface area contributed by atoms with E-state index in [1.165, 1.54) is 12.1 Å². The largest absolute Gasteiger partial charge is 0.444 e. The highest BCUT2D eigenvalue weighted by Crippen LogP contribution is 2.16. The standard InChI is InChI=1S/C16H25FN2O2/c1-15(2,3)21-14(20)19-16(4,11-18)9-8-12-6-5-7-13(17)10-12/h5-7,10H,8-9,11,18H2,1-4H3,(H,19,20). The first kappa shape index (κ1) is 17.4. The topological polar surface area (TPSA) is 64.3 Å². The van der Waals surface area contributed by atoms with Gasteiger partial charge in [0.1, 0.15) is 11.4 Å². The van der Waals surface area contributed by atoms with E-state index in [2.05, 4.69) is 5.32 Å². The van der Waals surface area contributed by atoms with Gasteiger partial charge in [-0.3, -0.25) is 0 Å². The zero-order chi connectivity index (χ0) is 16.1. The molecule has 0 aliphatic heterocycles. The average Bonchev–Trinajstić information content (AvgIpc) is 2.34. The molecule has 21 heavy (non-hydrogen) atoms. The van der Waals surface area contributed by atoms with Crippen LogP contribution in [-0.4, -0.2) is 23.8 Å². The molecule has 1 unspecified atom stereocenters. The van der Waals surface area contributed by atoms with Gasteiger partial charge in [-0.15, -0.1) is 0 Å². The number of aryl methyl sites for hydroxylation is 1. The molecule has 4 nitrogen and oxygen atoms in total. The summed E-state index contributed by atoms with van der Waals surface area (Å²) in [5.74, 6) is -0.262. The smallest absolute Gasteiger partial charge is 0.408 e. The number of nitrogens with one attached hydrogen (secondary N) is 1. The molecule has 0 aliphatic rings. The number of benzene rings is 1. The van der Waals surface area contributed by atoms with Gasteiger partial charge in [0, 0.05) is 6.54 Å². The van der Waals surface area contributed by atoms with Crippen molar-refractivity contribution < 1.29 is 13.9 Å². The number of amides is 1. The van der Waals surface area contributed by atoms with E-state index >= 15 is 0 Å². The third-order valence-electron chi connectivity index (χ3n) is 3.11. The third-order valence-corrected chi connectivity index (χ3v) is 3.11. The van der Waals surface area contributed by atoms with Crippen LogP contribution < -0.4 is 11.1 Å². The molecule has 0 aromatic heterocycles. The first-order chi connectivity index (χ1) is 9.63. The van der Waals surface area contributed by atoms with Crippen LogP contribution in [-0.2, 0) is 11.2 Å². The zero-order valence-corrected chi connectivity index (χ0v) is 13.2. The number of carbonyl (C=O) groups is 1. The van der Waals surface area contributed by atoms with Gasteiger partial charge in [0.15, 0.2) is 0 Å². The molecule has 0 fully saturated rings. The number of rotatable bonds is 5. The number of alkyl carbamates (subject to hydrolysis) is 1. The molecule has 3 N–H and O–H groups in total. The summed E-state index contributed by atoms with van der Waals surface area (Å²) in [7, 11) is 0. The summed E-state index contributed by atoms with van der Waals surface area (Å²) in [5.41, 5.74) is 5.50. The van der Waals surface area contributed by atoms with E-state index in [0.29, 0.717) is 12.8 Å². The van der Waals surface area contributed by atoms with E-state index in [-0.39, 0.29) is 12.4 Å². The Labute approximate surface area is 125 Å². The first-order valence-electron chi connectivity index (χ1n) is 7.09. The second-order valence-corrected chi connectivity index (χ2v) is 6.52. The van der Waals surface area contributed by atoms with Crippen LogP contribution in [0.5, 0.6) is 0 Å². The van der Waals surface area contributed by atoms with E-state index < -0.39 is 17.2 Å². The second-order valence-electron chi connectivity index (χ2n) is 6.52. The summed E-state index contributed by atoms with van der Waals surface area (Å²) in [4.78, 5) is 11.8. The van der Waals surface area contributed by atoms with Gasteiger partial charge in [-0.25, -0.2) is 9.18 Å². The lowest BCUT2D eigenvalue weighted by Crippen LogP contribution is -2.52. The van der Waals surface area contributed by atoms with Crippen molar-refractivity contribution in [3.8, 4) is 0 Å². The summed E-state index contributed by atoms with van der Waals surface area (Å²) < 4.78 is 18.4. The Kier molecular flexibility index (Phi) is 5.72. The fourth-order valence-corrected chi connectivity index (χ4v) is 1.88. The van der Waals surface area contributed by atoms with Crippen molar-refractivity contribution in [3.63, 3.8) is 0 Å². The Morgan fingerprint density at radius 2 is 2.00 bits per heavy atom. The summed E-state index contributed by atoms with van der Waals surface area (Å²) in [6.07, 6.45) is 0.739. The first-order valence-corrected chi connectivity index (χ1v) is 7.09. The van der Waals surface area contributed by atoms with Gasteiger partial charge in [-0.2, -0.15) is 0 Å². The summed E-state index contributed by atoms with van der Waals surface area (Å²) in [5, 5.41) is 2.80. The van der Waals surface area contributed by atoms with Gasteiger partial charge in [-0.1, -0.05) is 12.1 Å². The van der Waals surface area contributed by atoms with Crippen molar-refractivity contribution in [1.82, 2.24) is 5.32 Å².